The summed E-state index contributed by atoms with van der Waals surface area (Å²) in [5, 5.41) is 3.55. The van der Waals surface area contributed by atoms with Crippen LogP contribution in [0.15, 0.2) is 24.3 Å². The van der Waals surface area contributed by atoms with Gasteiger partial charge in [-0.15, -0.1) is 0 Å². The smallest absolute Gasteiger partial charge is 0.0441 e. The van der Waals surface area contributed by atoms with E-state index in [0.29, 0.717) is 6.04 Å². The number of rotatable bonds is 16. The first-order valence-corrected chi connectivity index (χ1v) is 10.0. The van der Waals surface area contributed by atoms with Crippen LogP contribution in [0.25, 0.3) is 0 Å². The largest absolute Gasteiger partial charge is 0.307 e. The number of nitrogens with one attached hydrogen (secondary N) is 1. The summed E-state index contributed by atoms with van der Waals surface area (Å²) in [6.45, 7) is 3.46. The number of allylic oxidation sites excluding steroid dienone is 2. The van der Waals surface area contributed by atoms with Gasteiger partial charge in [0.25, 0.3) is 0 Å². The van der Waals surface area contributed by atoms with Crippen molar-refractivity contribution in [2.45, 2.75) is 103 Å². The van der Waals surface area contributed by atoms with Gasteiger partial charge in [-0.1, -0.05) is 115 Å². The first-order chi connectivity index (χ1) is 10.9. The van der Waals surface area contributed by atoms with Crippen molar-refractivity contribution in [2.75, 3.05) is 6.54 Å². The normalized spacial score (nSPS) is 14.2. The molecule has 0 bridgehead atoms. The molecule has 128 valence electrons. The second kappa shape index (κ2) is 15.3. The van der Waals surface area contributed by atoms with Crippen molar-refractivity contribution >= 4 is 0 Å². The lowest BCUT2D eigenvalue weighted by molar-refractivity contribution is 0.529. The van der Waals surface area contributed by atoms with Crippen molar-refractivity contribution in [2.24, 2.45) is 0 Å². The fraction of sp³-hybridized carbons (Fsp3) is 0.810. The maximum absolute atomic E-state index is 3.55. The molecule has 0 saturated heterocycles. The number of unbranched alkanes of at least 4 members (excludes halogenated alkanes) is 13. The molecule has 0 aromatic rings. The summed E-state index contributed by atoms with van der Waals surface area (Å²) in [5.41, 5.74) is 0. The molecule has 1 aliphatic rings. The van der Waals surface area contributed by atoms with Crippen LogP contribution in [-0.4, -0.2) is 12.6 Å². The quantitative estimate of drug-likeness (QED) is 0.319. The second-order valence-corrected chi connectivity index (χ2v) is 6.85. The highest BCUT2D eigenvalue weighted by Crippen LogP contribution is 2.12. The van der Waals surface area contributed by atoms with Gasteiger partial charge in [-0.25, -0.2) is 0 Å². The van der Waals surface area contributed by atoms with Gasteiger partial charge < -0.3 is 5.32 Å². The Hall–Kier alpha value is -0.560. The van der Waals surface area contributed by atoms with Crippen molar-refractivity contribution in [1.82, 2.24) is 5.32 Å². The minimum Gasteiger partial charge on any atom is -0.307 e. The topological polar surface area (TPSA) is 12.0 Å². The Morgan fingerprint density at radius 2 is 1.00 bits per heavy atom. The van der Waals surface area contributed by atoms with Crippen LogP contribution in [0.4, 0.5) is 0 Å². The molecular formula is C21H39N. The van der Waals surface area contributed by atoms with E-state index in [2.05, 4.69) is 36.5 Å². The van der Waals surface area contributed by atoms with Crippen molar-refractivity contribution in [3.05, 3.63) is 24.3 Å². The Morgan fingerprint density at radius 1 is 0.591 bits per heavy atom. The zero-order valence-electron chi connectivity index (χ0n) is 15.0. The molecule has 1 N–H and O–H groups in total. The Bertz CT molecular complexity index is 268. The molecule has 1 aliphatic carbocycles. The van der Waals surface area contributed by atoms with E-state index in [1.54, 1.807) is 0 Å². The molecule has 1 rings (SSSR count). The van der Waals surface area contributed by atoms with Gasteiger partial charge in [0.15, 0.2) is 0 Å². The van der Waals surface area contributed by atoms with E-state index in [9.17, 15) is 0 Å². The molecular weight excluding hydrogens is 266 g/mol. The molecule has 1 heteroatoms. The van der Waals surface area contributed by atoms with E-state index in [0.717, 1.165) is 6.54 Å². The maximum Gasteiger partial charge on any atom is 0.0441 e. The summed E-state index contributed by atoms with van der Waals surface area (Å²) >= 11 is 0. The van der Waals surface area contributed by atoms with Crippen LogP contribution < -0.4 is 5.32 Å². The minimum atomic E-state index is 0.502. The van der Waals surface area contributed by atoms with E-state index in [1.807, 2.05) is 0 Å². The van der Waals surface area contributed by atoms with Gasteiger partial charge in [-0.05, 0) is 13.0 Å². The van der Waals surface area contributed by atoms with Crippen LogP contribution in [-0.2, 0) is 0 Å². The highest BCUT2D eigenvalue weighted by Gasteiger charge is 2.00. The SMILES string of the molecule is CCCCCCCCCCCCCCCCNC1C=CC=C1. The predicted octanol–water partition coefficient (Wildman–Crippen LogP) is 6.55. The monoisotopic (exact) mass is 305 g/mol. The van der Waals surface area contributed by atoms with E-state index < -0.39 is 0 Å². The molecule has 0 radical (unpaired) electrons. The summed E-state index contributed by atoms with van der Waals surface area (Å²) < 4.78 is 0. The average molecular weight is 306 g/mol. The van der Waals surface area contributed by atoms with Crippen LogP contribution in [0.1, 0.15) is 96.8 Å². The van der Waals surface area contributed by atoms with Gasteiger partial charge in [0, 0.05) is 6.04 Å². The minimum absolute atomic E-state index is 0.502. The van der Waals surface area contributed by atoms with Crippen molar-refractivity contribution in [3.8, 4) is 0 Å². The van der Waals surface area contributed by atoms with E-state index >= 15 is 0 Å². The third-order valence-electron chi connectivity index (χ3n) is 4.66. The highest BCUT2D eigenvalue weighted by atomic mass is 14.9. The van der Waals surface area contributed by atoms with Gasteiger partial charge in [0.1, 0.15) is 0 Å². The Kier molecular flexibility index (Phi) is 13.6. The highest BCUT2D eigenvalue weighted by molar-refractivity contribution is 5.21. The molecule has 0 fully saturated rings. The van der Waals surface area contributed by atoms with Crippen LogP contribution in [0.5, 0.6) is 0 Å². The summed E-state index contributed by atoms with van der Waals surface area (Å²) in [6.07, 6.45) is 28.8. The average Bonchev–Trinajstić information content (AvgIpc) is 3.04. The molecule has 0 amide bonds. The standard InChI is InChI=1S/C21H39N/c1-2-3-4-5-6-7-8-9-10-11-12-13-14-17-20-22-21-18-15-16-19-21/h15-16,18-19,21-22H,2-14,17,20H2,1H3. The van der Waals surface area contributed by atoms with E-state index in [1.165, 1.54) is 89.9 Å². The fourth-order valence-electron chi connectivity index (χ4n) is 3.16. The third kappa shape index (κ3) is 12.0. The van der Waals surface area contributed by atoms with Gasteiger partial charge in [-0.2, -0.15) is 0 Å². The molecule has 0 aliphatic heterocycles. The number of hydrogen-bond acceptors (Lipinski definition) is 1. The summed E-state index contributed by atoms with van der Waals surface area (Å²) in [6, 6.07) is 0.502. The first-order valence-electron chi connectivity index (χ1n) is 10.0. The lowest BCUT2D eigenvalue weighted by Crippen LogP contribution is -2.24. The second-order valence-electron chi connectivity index (χ2n) is 6.85. The predicted molar refractivity (Wildman–Crippen MR) is 100 cm³/mol. The molecule has 22 heavy (non-hydrogen) atoms. The van der Waals surface area contributed by atoms with E-state index in [4.69, 9.17) is 0 Å². The Morgan fingerprint density at radius 3 is 1.45 bits per heavy atom. The molecule has 0 saturated carbocycles. The molecule has 0 atom stereocenters. The molecule has 0 heterocycles. The summed E-state index contributed by atoms with van der Waals surface area (Å²) in [7, 11) is 0. The van der Waals surface area contributed by atoms with Gasteiger partial charge >= 0.3 is 0 Å². The fourth-order valence-corrected chi connectivity index (χ4v) is 3.16. The third-order valence-corrected chi connectivity index (χ3v) is 4.66. The van der Waals surface area contributed by atoms with E-state index in [-0.39, 0.29) is 0 Å². The first kappa shape index (κ1) is 19.5. The van der Waals surface area contributed by atoms with Gasteiger partial charge in [0.2, 0.25) is 0 Å². The van der Waals surface area contributed by atoms with Crippen molar-refractivity contribution in [1.29, 1.82) is 0 Å². The molecule has 1 nitrogen and oxygen atoms in total. The zero-order valence-corrected chi connectivity index (χ0v) is 15.0. The maximum atomic E-state index is 3.55. The molecule has 0 unspecified atom stereocenters. The van der Waals surface area contributed by atoms with Crippen LogP contribution in [0, 0.1) is 0 Å². The Labute approximate surface area is 139 Å². The van der Waals surface area contributed by atoms with Crippen LogP contribution in [0.3, 0.4) is 0 Å². The lowest BCUT2D eigenvalue weighted by Gasteiger charge is -2.08. The number of hydrogen-bond donors (Lipinski definition) is 1. The summed E-state index contributed by atoms with van der Waals surface area (Å²) in [4.78, 5) is 0. The lowest BCUT2D eigenvalue weighted by atomic mass is 10.0. The van der Waals surface area contributed by atoms with Gasteiger partial charge in [-0.3, -0.25) is 0 Å². The van der Waals surface area contributed by atoms with Crippen molar-refractivity contribution < 1.29 is 0 Å². The van der Waals surface area contributed by atoms with Crippen LogP contribution >= 0.6 is 0 Å². The molecule has 0 spiro atoms. The zero-order chi connectivity index (χ0) is 15.7. The van der Waals surface area contributed by atoms with Crippen LogP contribution in [0.2, 0.25) is 0 Å². The molecule has 0 aromatic heterocycles. The van der Waals surface area contributed by atoms with Crippen molar-refractivity contribution in [3.63, 3.8) is 0 Å². The summed E-state index contributed by atoms with van der Waals surface area (Å²) in [5.74, 6) is 0. The molecule has 0 aromatic carbocycles. The van der Waals surface area contributed by atoms with Gasteiger partial charge in [0.05, 0.1) is 0 Å². The Balaban J connectivity index is 1.66.